The molecule has 0 aliphatic rings. The molecule has 1 amide bonds. The van der Waals surface area contributed by atoms with Gasteiger partial charge in [-0.3, -0.25) is 15.1 Å². The summed E-state index contributed by atoms with van der Waals surface area (Å²) in [5.41, 5.74) is 2.62. The predicted molar refractivity (Wildman–Crippen MR) is 165 cm³/mol. The maximum atomic E-state index is 12.9. The number of carbonyl (C=O) groups excluding carboxylic acids is 1. The van der Waals surface area contributed by atoms with Crippen molar-refractivity contribution in [3.63, 3.8) is 0 Å². The van der Waals surface area contributed by atoms with E-state index in [1.807, 2.05) is 36.4 Å². The van der Waals surface area contributed by atoms with Gasteiger partial charge in [-0.2, -0.15) is 0 Å². The second kappa shape index (κ2) is 21.5. The summed E-state index contributed by atoms with van der Waals surface area (Å²) in [6, 6.07) is 11.6. The first-order valence-electron chi connectivity index (χ1n) is 16.0. The summed E-state index contributed by atoms with van der Waals surface area (Å²) in [7, 11) is 0. The minimum absolute atomic E-state index is 0.0897. The quantitative estimate of drug-likeness (QED) is 0.139. The third kappa shape index (κ3) is 15.2. The first-order valence-corrected chi connectivity index (χ1v) is 16.0. The smallest absolute Gasteiger partial charge is 0.237 e. The van der Waals surface area contributed by atoms with Crippen molar-refractivity contribution < 1.29 is 4.79 Å². The van der Waals surface area contributed by atoms with Crippen LogP contribution in [0.1, 0.15) is 129 Å². The fourth-order valence-electron chi connectivity index (χ4n) is 5.08. The molecule has 2 N–H and O–H groups in total. The molecule has 1 unspecified atom stereocenters. The van der Waals surface area contributed by atoms with Crippen LogP contribution in [0.2, 0.25) is 0 Å². The summed E-state index contributed by atoms with van der Waals surface area (Å²) in [6.07, 6.45) is 23.5. The van der Waals surface area contributed by atoms with Crippen molar-refractivity contribution in [3.8, 4) is 11.4 Å². The Morgan fingerprint density at radius 3 is 1.82 bits per heavy atom. The number of nitrogens with zero attached hydrogens (tertiary/aromatic N) is 2. The number of hydrogen-bond donors (Lipinski definition) is 2. The molecule has 2 heterocycles. The molecule has 5 nitrogen and oxygen atoms in total. The van der Waals surface area contributed by atoms with E-state index in [0.717, 1.165) is 30.0 Å². The van der Waals surface area contributed by atoms with Crippen molar-refractivity contribution >= 4 is 5.91 Å². The Bertz CT molecular complexity index is 871. The number of unbranched alkanes of at least 4 members (excludes halogenated alkanes) is 15. The van der Waals surface area contributed by atoms with Crippen LogP contribution in [0, 0.1) is 5.92 Å². The molecule has 0 bridgehead atoms. The number of amides is 1. The van der Waals surface area contributed by atoms with E-state index in [2.05, 4.69) is 36.4 Å². The molecule has 0 aromatic carbocycles. The molecule has 0 radical (unpaired) electrons. The van der Waals surface area contributed by atoms with Crippen molar-refractivity contribution in [1.29, 1.82) is 0 Å². The van der Waals surface area contributed by atoms with Crippen LogP contribution in [0.3, 0.4) is 0 Å². The van der Waals surface area contributed by atoms with Gasteiger partial charge in [0.15, 0.2) is 0 Å². The van der Waals surface area contributed by atoms with Crippen LogP contribution in [0.5, 0.6) is 0 Å². The molecule has 0 saturated heterocycles. The van der Waals surface area contributed by atoms with Crippen LogP contribution < -0.4 is 10.6 Å². The van der Waals surface area contributed by atoms with Crippen LogP contribution in [0.25, 0.3) is 11.4 Å². The molecule has 1 atom stereocenters. The Morgan fingerprint density at radius 1 is 0.718 bits per heavy atom. The number of pyridine rings is 2. The Balaban J connectivity index is 1.50. The maximum absolute atomic E-state index is 12.9. The largest absolute Gasteiger partial charge is 0.355 e. The molecule has 0 aliphatic carbocycles. The van der Waals surface area contributed by atoms with Gasteiger partial charge in [-0.15, -0.1) is 0 Å². The summed E-state index contributed by atoms with van der Waals surface area (Å²) in [5, 5.41) is 6.58. The second-order valence-corrected chi connectivity index (χ2v) is 11.4. The molecule has 0 aliphatic heterocycles. The maximum Gasteiger partial charge on any atom is 0.237 e. The molecule has 218 valence electrons. The zero-order chi connectivity index (χ0) is 28.0. The van der Waals surface area contributed by atoms with Crippen LogP contribution in [-0.2, 0) is 11.3 Å². The van der Waals surface area contributed by atoms with Crippen molar-refractivity contribution in [3.05, 3.63) is 48.3 Å². The van der Waals surface area contributed by atoms with Crippen molar-refractivity contribution in [2.75, 3.05) is 6.54 Å². The van der Waals surface area contributed by atoms with Crippen LogP contribution in [-0.4, -0.2) is 28.5 Å². The summed E-state index contributed by atoms with van der Waals surface area (Å²) < 4.78 is 0. The van der Waals surface area contributed by atoms with E-state index in [0.29, 0.717) is 6.54 Å². The number of nitrogens with one attached hydrogen (secondary N) is 2. The fourth-order valence-corrected chi connectivity index (χ4v) is 5.08. The molecule has 2 rings (SSSR count). The Kier molecular flexibility index (Phi) is 18.2. The lowest BCUT2D eigenvalue weighted by molar-refractivity contribution is -0.124. The van der Waals surface area contributed by atoms with Gasteiger partial charge < -0.3 is 5.32 Å². The van der Waals surface area contributed by atoms with Crippen molar-refractivity contribution in [1.82, 2.24) is 20.6 Å². The average Bonchev–Trinajstić information content (AvgIpc) is 2.95. The van der Waals surface area contributed by atoms with E-state index < -0.39 is 0 Å². The average molecular weight is 537 g/mol. The highest BCUT2D eigenvalue weighted by Gasteiger charge is 2.21. The summed E-state index contributed by atoms with van der Waals surface area (Å²) >= 11 is 0. The van der Waals surface area contributed by atoms with Crippen LogP contribution >= 0.6 is 0 Å². The molecule has 0 saturated carbocycles. The summed E-state index contributed by atoms with van der Waals surface area (Å²) in [4.78, 5) is 22.0. The highest BCUT2D eigenvalue weighted by atomic mass is 16.2. The molecular formula is C34H56N4O. The minimum atomic E-state index is -0.230. The monoisotopic (exact) mass is 536 g/mol. The first-order chi connectivity index (χ1) is 19.1. The van der Waals surface area contributed by atoms with Gasteiger partial charge >= 0.3 is 0 Å². The molecule has 5 heteroatoms. The highest BCUT2D eigenvalue weighted by Crippen LogP contribution is 2.15. The van der Waals surface area contributed by atoms with Gasteiger partial charge in [0.1, 0.15) is 0 Å². The Labute approximate surface area is 239 Å². The molecule has 0 fully saturated rings. The zero-order valence-electron chi connectivity index (χ0n) is 25.2. The van der Waals surface area contributed by atoms with Gasteiger partial charge in [-0.05, 0) is 36.6 Å². The van der Waals surface area contributed by atoms with Crippen LogP contribution in [0.15, 0.2) is 42.6 Å². The SMILES string of the molecule is CCCCCCCCCCCCCCCCCCNC(=O)C(NCc1cccc(-c2ccccn2)n1)C(C)C. The highest BCUT2D eigenvalue weighted by molar-refractivity contribution is 5.81. The standard InChI is InChI=1S/C34H56N4O/c1-4-5-6-7-8-9-10-11-12-13-14-15-16-17-18-20-27-36-34(39)33(29(2)3)37-28-30-23-22-25-32(38-30)31-24-19-21-26-35-31/h19,21-26,29,33,37H,4-18,20,27-28H2,1-3H3,(H,36,39). The first kappa shape index (κ1) is 32.9. The summed E-state index contributed by atoms with van der Waals surface area (Å²) in [5.74, 6) is 0.293. The fraction of sp³-hybridized carbons (Fsp3) is 0.676. The van der Waals surface area contributed by atoms with E-state index in [1.54, 1.807) is 6.20 Å². The van der Waals surface area contributed by atoms with Crippen LogP contribution in [0.4, 0.5) is 0 Å². The number of hydrogen-bond acceptors (Lipinski definition) is 4. The lowest BCUT2D eigenvalue weighted by atomic mass is 10.0. The van der Waals surface area contributed by atoms with Crippen molar-refractivity contribution in [2.45, 2.75) is 136 Å². The van der Waals surface area contributed by atoms with Gasteiger partial charge in [-0.1, -0.05) is 129 Å². The minimum Gasteiger partial charge on any atom is -0.355 e. The number of carbonyl (C=O) groups is 1. The Hall–Kier alpha value is -2.27. The lowest BCUT2D eigenvalue weighted by Crippen LogP contribution is -2.47. The Morgan fingerprint density at radius 2 is 1.28 bits per heavy atom. The second-order valence-electron chi connectivity index (χ2n) is 11.4. The molecule has 2 aromatic rings. The molecule has 2 aromatic heterocycles. The third-order valence-electron chi connectivity index (χ3n) is 7.52. The summed E-state index contributed by atoms with van der Waals surface area (Å²) in [6.45, 7) is 7.77. The van der Waals surface area contributed by atoms with E-state index in [-0.39, 0.29) is 17.9 Å². The van der Waals surface area contributed by atoms with Gasteiger partial charge in [-0.25, -0.2) is 4.98 Å². The van der Waals surface area contributed by atoms with E-state index in [4.69, 9.17) is 4.98 Å². The third-order valence-corrected chi connectivity index (χ3v) is 7.52. The normalized spacial score (nSPS) is 12.1. The van der Waals surface area contributed by atoms with Crippen molar-refractivity contribution in [2.24, 2.45) is 5.92 Å². The van der Waals surface area contributed by atoms with Gasteiger partial charge in [0.05, 0.1) is 23.1 Å². The van der Waals surface area contributed by atoms with Gasteiger partial charge in [0.2, 0.25) is 5.91 Å². The zero-order valence-corrected chi connectivity index (χ0v) is 25.2. The van der Waals surface area contributed by atoms with Gasteiger partial charge in [0.25, 0.3) is 0 Å². The lowest BCUT2D eigenvalue weighted by Gasteiger charge is -2.21. The molecule has 39 heavy (non-hydrogen) atoms. The van der Waals surface area contributed by atoms with E-state index in [1.165, 1.54) is 96.3 Å². The van der Waals surface area contributed by atoms with E-state index in [9.17, 15) is 4.79 Å². The topological polar surface area (TPSA) is 66.9 Å². The van der Waals surface area contributed by atoms with Gasteiger partial charge in [0, 0.05) is 19.3 Å². The predicted octanol–water partition coefficient (Wildman–Crippen LogP) is 8.64. The number of rotatable bonds is 23. The number of aromatic nitrogens is 2. The van der Waals surface area contributed by atoms with E-state index >= 15 is 0 Å². The molecular weight excluding hydrogens is 480 g/mol. The molecule has 0 spiro atoms.